The predicted molar refractivity (Wildman–Crippen MR) is 107 cm³/mol. The summed E-state index contributed by atoms with van der Waals surface area (Å²) in [5.74, 6) is 1.33. The number of carbonyl (C=O) groups excluding carboxylic acids is 3. The maximum Gasteiger partial charge on any atom is 0.325 e. The fraction of sp³-hybridized carbons (Fsp3) is 0.318. The molecule has 1 unspecified atom stereocenters. The van der Waals surface area contributed by atoms with Gasteiger partial charge in [-0.15, -0.1) is 0 Å². The third kappa shape index (κ3) is 3.45. The van der Waals surface area contributed by atoms with Crippen LogP contribution in [0.2, 0.25) is 0 Å². The van der Waals surface area contributed by atoms with Gasteiger partial charge in [0.15, 0.2) is 17.3 Å². The highest BCUT2D eigenvalue weighted by Gasteiger charge is 2.48. The van der Waals surface area contributed by atoms with Crippen molar-refractivity contribution in [2.24, 2.45) is 0 Å². The van der Waals surface area contributed by atoms with E-state index in [9.17, 15) is 14.4 Å². The second kappa shape index (κ2) is 7.37. The van der Waals surface area contributed by atoms with E-state index < -0.39 is 11.6 Å². The van der Waals surface area contributed by atoms with Gasteiger partial charge in [-0.25, -0.2) is 4.79 Å². The van der Waals surface area contributed by atoms with Crippen molar-refractivity contribution in [2.75, 3.05) is 13.9 Å². The highest BCUT2D eigenvalue weighted by molar-refractivity contribution is 6.07. The Bertz CT molecular complexity index is 1050. The lowest BCUT2D eigenvalue weighted by Crippen LogP contribution is -2.45. The highest BCUT2D eigenvalue weighted by atomic mass is 16.7. The number of ketones is 1. The Balaban J connectivity index is 1.57. The minimum absolute atomic E-state index is 0.00564. The molecular weight excluding hydrogens is 388 g/mol. The smallest absolute Gasteiger partial charge is 0.325 e. The molecular formula is C22H22N2O6. The van der Waals surface area contributed by atoms with Crippen LogP contribution in [0.3, 0.4) is 0 Å². The van der Waals surface area contributed by atoms with E-state index in [-0.39, 0.29) is 25.0 Å². The number of carbonyl (C=O) groups is 3. The van der Waals surface area contributed by atoms with Crippen LogP contribution in [-0.4, -0.2) is 42.1 Å². The summed E-state index contributed by atoms with van der Waals surface area (Å²) in [5, 5.41) is 2.80. The summed E-state index contributed by atoms with van der Waals surface area (Å²) < 4.78 is 16.1. The molecule has 3 amide bonds. The number of nitrogens with one attached hydrogen (secondary N) is 1. The second-order valence-electron chi connectivity index (χ2n) is 7.60. The monoisotopic (exact) mass is 410 g/mol. The molecule has 2 aliphatic rings. The first-order valence-electron chi connectivity index (χ1n) is 9.51. The summed E-state index contributed by atoms with van der Waals surface area (Å²) >= 11 is 0. The van der Waals surface area contributed by atoms with E-state index in [1.807, 2.05) is 12.1 Å². The second-order valence-corrected chi connectivity index (χ2v) is 7.60. The number of fused-ring (bicyclic) bond motifs is 1. The van der Waals surface area contributed by atoms with Crippen molar-refractivity contribution in [1.29, 1.82) is 0 Å². The summed E-state index contributed by atoms with van der Waals surface area (Å²) in [6, 6.07) is 9.93. The van der Waals surface area contributed by atoms with E-state index in [4.69, 9.17) is 14.2 Å². The molecule has 1 fully saturated rings. The van der Waals surface area contributed by atoms with Crippen molar-refractivity contribution in [1.82, 2.24) is 10.2 Å². The van der Waals surface area contributed by atoms with Gasteiger partial charge in [0.1, 0.15) is 11.3 Å². The molecule has 156 valence electrons. The molecule has 0 radical (unpaired) electrons. The van der Waals surface area contributed by atoms with E-state index >= 15 is 0 Å². The molecule has 2 aliphatic heterocycles. The summed E-state index contributed by atoms with van der Waals surface area (Å²) in [5.41, 5.74) is 0.811. The molecule has 1 atom stereocenters. The molecule has 2 heterocycles. The number of methoxy groups -OCH3 is 1. The molecule has 1 saturated heterocycles. The molecule has 1 N–H and O–H groups in total. The number of imide groups is 1. The highest BCUT2D eigenvalue weighted by Crippen LogP contribution is 2.34. The molecule has 0 spiro atoms. The molecule has 30 heavy (non-hydrogen) atoms. The van der Waals surface area contributed by atoms with Crippen LogP contribution in [0.5, 0.6) is 17.2 Å². The number of amides is 3. The van der Waals surface area contributed by atoms with E-state index in [1.54, 1.807) is 31.2 Å². The topological polar surface area (TPSA) is 94.2 Å². The van der Waals surface area contributed by atoms with Crippen LogP contribution in [0.25, 0.3) is 0 Å². The minimum atomic E-state index is -1.10. The Morgan fingerprint density at radius 1 is 1.17 bits per heavy atom. The SMILES string of the molecule is COc1ccc(C(C)=O)cc1CN1C(=O)NC(C)(Cc2ccc3c(c2)OCO3)C1=O. The van der Waals surface area contributed by atoms with Gasteiger partial charge in [0.05, 0.1) is 13.7 Å². The van der Waals surface area contributed by atoms with Gasteiger partial charge in [0.25, 0.3) is 5.91 Å². The standard InChI is InChI=1S/C22H22N2O6/c1-13(25)15-5-7-17(28-3)16(9-15)11-24-20(26)22(2,23-21(24)27)10-14-4-6-18-19(8-14)30-12-29-18/h4-9H,10-12H2,1-3H3,(H,23,27). The van der Waals surface area contributed by atoms with Gasteiger partial charge in [-0.05, 0) is 49.7 Å². The van der Waals surface area contributed by atoms with Crippen LogP contribution in [0.1, 0.15) is 35.3 Å². The fourth-order valence-electron chi connectivity index (χ4n) is 3.76. The minimum Gasteiger partial charge on any atom is -0.496 e. The normalized spacial score (nSPS) is 19.8. The number of urea groups is 1. The van der Waals surface area contributed by atoms with Crippen LogP contribution in [0.15, 0.2) is 36.4 Å². The van der Waals surface area contributed by atoms with Crippen LogP contribution < -0.4 is 19.5 Å². The molecule has 8 nitrogen and oxygen atoms in total. The molecule has 4 rings (SSSR count). The third-order valence-electron chi connectivity index (χ3n) is 5.36. The zero-order valence-electron chi connectivity index (χ0n) is 17.0. The van der Waals surface area contributed by atoms with Crippen molar-refractivity contribution in [3.05, 3.63) is 53.1 Å². The summed E-state index contributed by atoms with van der Waals surface area (Å²) in [4.78, 5) is 38.7. The van der Waals surface area contributed by atoms with Crippen molar-refractivity contribution in [2.45, 2.75) is 32.4 Å². The van der Waals surface area contributed by atoms with E-state index in [0.29, 0.717) is 34.8 Å². The van der Waals surface area contributed by atoms with E-state index in [2.05, 4.69) is 5.32 Å². The number of nitrogens with zero attached hydrogens (tertiary/aromatic N) is 1. The fourth-order valence-corrected chi connectivity index (χ4v) is 3.76. The van der Waals surface area contributed by atoms with E-state index in [1.165, 1.54) is 14.0 Å². The summed E-state index contributed by atoms with van der Waals surface area (Å²) in [7, 11) is 1.50. The lowest BCUT2D eigenvalue weighted by Gasteiger charge is -2.22. The summed E-state index contributed by atoms with van der Waals surface area (Å²) in [6.07, 6.45) is 0.301. The molecule has 0 aliphatic carbocycles. The lowest BCUT2D eigenvalue weighted by molar-refractivity contribution is -0.131. The van der Waals surface area contributed by atoms with Crippen molar-refractivity contribution >= 4 is 17.7 Å². The van der Waals surface area contributed by atoms with Crippen LogP contribution in [-0.2, 0) is 17.8 Å². The van der Waals surface area contributed by atoms with Crippen LogP contribution >= 0.6 is 0 Å². The Morgan fingerprint density at radius 3 is 2.67 bits per heavy atom. The summed E-state index contributed by atoms with van der Waals surface area (Å²) in [6.45, 7) is 3.33. The first-order valence-corrected chi connectivity index (χ1v) is 9.51. The van der Waals surface area contributed by atoms with Crippen LogP contribution in [0.4, 0.5) is 4.79 Å². The Labute approximate surface area is 173 Å². The number of Topliss-reactive ketones (excluding diaryl/α,β-unsaturated/α-hetero) is 1. The van der Waals surface area contributed by atoms with Gasteiger partial charge >= 0.3 is 6.03 Å². The number of ether oxygens (including phenoxy) is 3. The molecule has 8 heteroatoms. The zero-order valence-corrected chi connectivity index (χ0v) is 17.0. The number of rotatable bonds is 6. The average molecular weight is 410 g/mol. The first kappa shape index (κ1) is 19.8. The van der Waals surface area contributed by atoms with Crippen molar-refractivity contribution in [3.63, 3.8) is 0 Å². The maximum absolute atomic E-state index is 13.2. The third-order valence-corrected chi connectivity index (χ3v) is 5.36. The van der Waals surface area contributed by atoms with Gasteiger partial charge in [0.2, 0.25) is 6.79 Å². The van der Waals surface area contributed by atoms with Crippen molar-refractivity contribution in [3.8, 4) is 17.2 Å². The van der Waals surface area contributed by atoms with Gasteiger partial charge in [-0.1, -0.05) is 6.07 Å². The molecule has 2 aromatic rings. The molecule has 0 aromatic heterocycles. The molecule has 2 aromatic carbocycles. The molecule has 0 bridgehead atoms. The Hall–Kier alpha value is -3.55. The van der Waals surface area contributed by atoms with Crippen molar-refractivity contribution < 1.29 is 28.6 Å². The number of hydrogen-bond acceptors (Lipinski definition) is 6. The largest absolute Gasteiger partial charge is 0.496 e. The van der Waals surface area contributed by atoms with Gasteiger partial charge < -0.3 is 19.5 Å². The zero-order chi connectivity index (χ0) is 21.5. The first-order chi connectivity index (χ1) is 14.3. The average Bonchev–Trinajstić information content (AvgIpc) is 3.25. The lowest BCUT2D eigenvalue weighted by atomic mass is 9.92. The van der Waals surface area contributed by atoms with Gasteiger partial charge in [-0.2, -0.15) is 0 Å². The number of hydrogen-bond donors (Lipinski definition) is 1. The Morgan fingerprint density at radius 2 is 1.93 bits per heavy atom. The van der Waals surface area contributed by atoms with Gasteiger partial charge in [0, 0.05) is 17.5 Å². The van der Waals surface area contributed by atoms with Gasteiger partial charge in [-0.3, -0.25) is 14.5 Å². The predicted octanol–water partition coefficient (Wildman–Crippen LogP) is 2.68. The maximum atomic E-state index is 13.2. The van der Waals surface area contributed by atoms with E-state index in [0.717, 1.165) is 10.5 Å². The van der Waals surface area contributed by atoms with Crippen LogP contribution in [0, 0.1) is 0 Å². The molecule has 0 saturated carbocycles. The quantitative estimate of drug-likeness (QED) is 0.581. The number of benzene rings is 2. The Kier molecular flexibility index (Phi) is 4.85.